The highest BCUT2D eigenvalue weighted by Gasteiger charge is 2.49. The molecule has 0 saturated carbocycles. The van der Waals surface area contributed by atoms with Crippen molar-refractivity contribution in [1.82, 2.24) is 0 Å². The summed E-state index contributed by atoms with van der Waals surface area (Å²) in [6.07, 6.45) is 0.592. The van der Waals surface area contributed by atoms with E-state index in [1.54, 1.807) is 6.07 Å². The van der Waals surface area contributed by atoms with E-state index in [-0.39, 0.29) is 11.3 Å². The monoisotopic (exact) mass is 380 g/mol. The second-order valence-electron chi connectivity index (χ2n) is 4.89. The van der Waals surface area contributed by atoms with Gasteiger partial charge in [-0.15, -0.1) is 0 Å². The van der Waals surface area contributed by atoms with Gasteiger partial charge in [0.1, 0.15) is 5.75 Å². The summed E-state index contributed by atoms with van der Waals surface area (Å²) in [7, 11) is 0. The number of hydrogen-bond donors (Lipinski definition) is 1. The van der Waals surface area contributed by atoms with Gasteiger partial charge in [0, 0.05) is 17.5 Å². The lowest BCUT2D eigenvalue weighted by Gasteiger charge is -2.29. The minimum atomic E-state index is -1.96. The van der Waals surface area contributed by atoms with Crippen molar-refractivity contribution < 1.29 is 5.11 Å². The minimum Gasteiger partial charge on any atom is -0.507 e. The highest BCUT2D eigenvalue weighted by atomic mass is 35.6. The van der Waals surface area contributed by atoms with Crippen molar-refractivity contribution >= 4 is 58.0 Å². The Morgan fingerprint density at radius 1 is 0.857 bits per heavy atom. The second-order valence-corrected chi connectivity index (χ2v) is 8.50. The Hall–Kier alpha value is -0.310. The molecule has 0 fully saturated rings. The number of phenolic OH excluding ortho intramolecular Hbond substituents is 1. The lowest BCUT2D eigenvalue weighted by Crippen LogP contribution is -2.28. The molecule has 0 saturated heterocycles. The summed E-state index contributed by atoms with van der Waals surface area (Å²) >= 11 is 29.8. The highest BCUT2D eigenvalue weighted by Crippen LogP contribution is 2.56. The van der Waals surface area contributed by atoms with E-state index in [1.165, 1.54) is 0 Å². The zero-order chi connectivity index (χ0) is 15.4. The molecule has 6 heteroatoms. The van der Waals surface area contributed by atoms with E-state index in [2.05, 4.69) is 0 Å². The van der Waals surface area contributed by atoms with Crippen LogP contribution in [0.2, 0.25) is 0 Å². The lowest BCUT2D eigenvalue weighted by atomic mass is 10.0. The molecule has 0 bridgehead atoms. The molecule has 3 rings (SSSR count). The van der Waals surface area contributed by atoms with Crippen LogP contribution in [-0.4, -0.2) is 8.90 Å². The maximum atomic E-state index is 10.5. The van der Waals surface area contributed by atoms with Crippen molar-refractivity contribution in [2.45, 2.75) is 14.5 Å². The second kappa shape index (κ2) is 5.11. The molecule has 0 aliphatic heterocycles. The number of aromatic hydroxyl groups is 1. The van der Waals surface area contributed by atoms with Gasteiger partial charge in [0.25, 0.3) is 0 Å². The summed E-state index contributed by atoms with van der Waals surface area (Å²) < 4.78 is -3.81. The molecular formula is C15H9Cl5O. The van der Waals surface area contributed by atoms with Gasteiger partial charge in [-0.2, -0.15) is 0 Å². The summed E-state index contributed by atoms with van der Waals surface area (Å²) in [5, 5.41) is 10.5. The number of benzene rings is 2. The quantitative estimate of drug-likeness (QED) is 0.515. The van der Waals surface area contributed by atoms with Crippen LogP contribution in [0.4, 0.5) is 0 Å². The van der Waals surface area contributed by atoms with Crippen LogP contribution in [0.15, 0.2) is 36.4 Å². The van der Waals surface area contributed by atoms with Crippen molar-refractivity contribution in [3.8, 4) is 16.9 Å². The van der Waals surface area contributed by atoms with Crippen LogP contribution in [-0.2, 0) is 10.8 Å². The van der Waals surface area contributed by atoms with Crippen LogP contribution in [0.5, 0.6) is 5.75 Å². The van der Waals surface area contributed by atoms with Crippen LogP contribution < -0.4 is 0 Å². The molecule has 0 unspecified atom stereocenters. The third-order valence-corrected chi connectivity index (χ3v) is 6.06. The smallest absolute Gasteiger partial charge is 0.227 e. The van der Waals surface area contributed by atoms with Gasteiger partial charge in [0.05, 0.1) is 0 Å². The normalized spacial score (nSPS) is 14.0. The van der Waals surface area contributed by atoms with Gasteiger partial charge in [-0.3, -0.25) is 0 Å². The Morgan fingerprint density at radius 3 is 2.19 bits per heavy atom. The van der Waals surface area contributed by atoms with E-state index in [0.29, 0.717) is 6.42 Å². The van der Waals surface area contributed by atoms with Gasteiger partial charge in [0.2, 0.25) is 3.79 Å². The number of hydrogen-bond acceptors (Lipinski definition) is 1. The molecule has 1 aliphatic carbocycles. The summed E-state index contributed by atoms with van der Waals surface area (Å²) in [6.45, 7) is 0. The van der Waals surface area contributed by atoms with E-state index < -0.39 is 8.13 Å². The highest BCUT2D eigenvalue weighted by molar-refractivity contribution is 6.75. The van der Waals surface area contributed by atoms with Crippen molar-refractivity contribution in [1.29, 1.82) is 0 Å². The molecule has 0 radical (unpaired) electrons. The van der Waals surface area contributed by atoms with E-state index in [9.17, 15) is 5.11 Å². The molecule has 0 atom stereocenters. The van der Waals surface area contributed by atoms with Crippen molar-refractivity contribution in [3.05, 3.63) is 53.1 Å². The maximum absolute atomic E-state index is 10.5. The Kier molecular flexibility index (Phi) is 3.79. The Balaban J connectivity index is 2.17. The summed E-state index contributed by atoms with van der Waals surface area (Å²) in [5.41, 5.74) is 4.09. The molecule has 2 aromatic carbocycles. The third kappa shape index (κ3) is 2.40. The first-order valence-corrected chi connectivity index (χ1v) is 8.00. The third-order valence-electron chi connectivity index (χ3n) is 3.65. The van der Waals surface area contributed by atoms with E-state index in [0.717, 1.165) is 22.3 Å². The van der Waals surface area contributed by atoms with Gasteiger partial charge in [-0.1, -0.05) is 94.4 Å². The predicted octanol–water partition coefficient (Wildman–Crippen LogP) is 5.96. The predicted molar refractivity (Wildman–Crippen MR) is 90.0 cm³/mol. The van der Waals surface area contributed by atoms with Gasteiger partial charge in [-0.05, 0) is 16.7 Å². The van der Waals surface area contributed by atoms with Gasteiger partial charge in [0.15, 0.2) is 4.33 Å². The molecule has 0 amide bonds. The van der Waals surface area contributed by atoms with Crippen LogP contribution in [0.3, 0.4) is 0 Å². The van der Waals surface area contributed by atoms with Crippen LogP contribution in [0, 0.1) is 0 Å². The van der Waals surface area contributed by atoms with Gasteiger partial charge < -0.3 is 5.11 Å². The molecule has 1 N–H and O–H groups in total. The zero-order valence-corrected chi connectivity index (χ0v) is 14.3. The maximum Gasteiger partial charge on any atom is 0.227 e. The van der Waals surface area contributed by atoms with E-state index in [1.807, 2.05) is 30.3 Å². The molecule has 21 heavy (non-hydrogen) atoms. The van der Waals surface area contributed by atoms with Crippen molar-refractivity contribution in [2.24, 2.45) is 0 Å². The summed E-state index contributed by atoms with van der Waals surface area (Å²) in [4.78, 5) is 0. The van der Waals surface area contributed by atoms with Crippen molar-refractivity contribution in [3.63, 3.8) is 0 Å². The number of fused-ring (bicyclic) bond motifs is 3. The van der Waals surface area contributed by atoms with Crippen molar-refractivity contribution in [2.75, 3.05) is 0 Å². The molecular weight excluding hydrogens is 373 g/mol. The van der Waals surface area contributed by atoms with Crippen LogP contribution in [0.1, 0.15) is 16.7 Å². The fourth-order valence-electron chi connectivity index (χ4n) is 2.60. The molecule has 0 aromatic heterocycles. The molecule has 0 spiro atoms. The standard InChI is InChI=1S/C15H9Cl5O/c16-14(17,15(18,19)20)12-6-5-10-9-4-2-1-3-8(9)7-11(10)13(12)21/h1-6,21H,7H2. The Bertz CT molecular complexity index is 718. The minimum absolute atomic E-state index is 0.0278. The molecule has 1 nitrogen and oxygen atoms in total. The Labute approximate surface area is 147 Å². The van der Waals surface area contributed by atoms with Crippen LogP contribution >= 0.6 is 58.0 Å². The van der Waals surface area contributed by atoms with Gasteiger partial charge >= 0.3 is 0 Å². The molecule has 2 aromatic rings. The first-order chi connectivity index (χ1) is 9.73. The average Bonchev–Trinajstić information content (AvgIpc) is 2.77. The number of alkyl halides is 5. The number of phenols is 1. The van der Waals surface area contributed by atoms with Crippen LogP contribution in [0.25, 0.3) is 11.1 Å². The lowest BCUT2D eigenvalue weighted by molar-refractivity contribution is 0.460. The summed E-state index contributed by atoms with van der Waals surface area (Å²) in [6, 6.07) is 11.4. The SMILES string of the molecule is Oc1c(C(Cl)(Cl)C(Cl)(Cl)Cl)ccc2c1Cc1ccccc1-2. The summed E-state index contributed by atoms with van der Waals surface area (Å²) in [5.74, 6) is -0.0278. The average molecular weight is 383 g/mol. The number of rotatable bonds is 1. The first kappa shape index (κ1) is 15.6. The zero-order valence-electron chi connectivity index (χ0n) is 10.5. The molecule has 110 valence electrons. The number of halogens is 5. The first-order valence-electron chi connectivity index (χ1n) is 6.11. The largest absolute Gasteiger partial charge is 0.507 e. The molecule has 1 aliphatic rings. The van der Waals surface area contributed by atoms with E-state index in [4.69, 9.17) is 58.0 Å². The fourth-order valence-corrected chi connectivity index (χ4v) is 3.21. The topological polar surface area (TPSA) is 20.2 Å². The fraction of sp³-hybridized carbons (Fsp3) is 0.200. The molecule has 0 heterocycles. The van der Waals surface area contributed by atoms with E-state index >= 15 is 0 Å². The van der Waals surface area contributed by atoms with Gasteiger partial charge in [-0.25, -0.2) is 0 Å². The Morgan fingerprint density at radius 2 is 1.52 bits per heavy atom.